The topological polar surface area (TPSA) is 106 Å². The van der Waals surface area contributed by atoms with Crippen molar-refractivity contribution >= 4 is 57.8 Å². The Morgan fingerprint density at radius 2 is 1.84 bits per heavy atom. The van der Waals surface area contributed by atoms with Crippen LogP contribution in [0.25, 0.3) is 0 Å². The predicted octanol–water partition coefficient (Wildman–Crippen LogP) is 4.68. The molecule has 11 nitrogen and oxygen atoms in total. The van der Waals surface area contributed by atoms with Crippen LogP contribution in [0.3, 0.4) is 0 Å². The first-order valence-corrected chi connectivity index (χ1v) is 14.9. The van der Waals surface area contributed by atoms with Gasteiger partial charge in [-0.05, 0) is 57.6 Å². The Kier molecular flexibility index (Phi) is 9.52. The second kappa shape index (κ2) is 13.5. The highest BCUT2D eigenvalue weighted by Crippen LogP contribution is 2.42. The number of aromatic nitrogens is 2. The van der Waals surface area contributed by atoms with Crippen LogP contribution in [0.1, 0.15) is 32.6 Å². The summed E-state index contributed by atoms with van der Waals surface area (Å²) in [6.45, 7) is 3.90. The van der Waals surface area contributed by atoms with E-state index in [1.807, 2.05) is 36.4 Å². The number of rotatable bonds is 9. The summed E-state index contributed by atoms with van der Waals surface area (Å²) >= 11 is 6.96. The van der Waals surface area contributed by atoms with Gasteiger partial charge in [0.15, 0.2) is 5.82 Å². The van der Waals surface area contributed by atoms with Gasteiger partial charge in [-0.25, -0.2) is 14.4 Å². The number of para-hydroxylation sites is 2. The number of piperidine rings is 2. The molecule has 2 amide bonds. The molecule has 0 spiro atoms. The molecule has 0 saturated carbocycles. The molecule has 0 bridgehead atoms. The van der Waals surface area contributed by atoms with Crippen LogP contribution in [0.15, 0.2) is 55.0 Å². The van der Waals surface area contributed by atoms with Gasteiger partial charge >= 0.3 is 0 Å². The first-order chi connectivity index (χ1) is 20.7. The summed E-state index contributed by atoms with van der Waals surface area (Å²) in [5.74, 6) is 0.906. The minimum Gasteiger partial charge on any atom is -0.494 e. The summed E-state index contributed by atoms with van der Waals surface area (Å²) in [4.78, 5) is 39.7. The van der Waals surface area contributed by atoms with Crippen LogP contribution in [-0.4, -0.2) is 79.6 Å². The lowest BCUT2D eigenvalue weighted by Crippen LogP contribution is -2.47. The molecule has 12 heteroatoms. The second-order valence-electron chi connectivity index (χ2n) is 11.2. The van der Waals surface area contributed by atoms with E-state index in [0.29, 0.717) is 47.6 Å². The Labute approximate surface area is 257 Å². The van der Waals surface area contributed by atoms with Crippen LogP contribution in [-0.2, 0) is 9.59 Å². The fraction of sp³-hybridized carbons (Fsp3) is 0.419. The number of benzene rings is 2. The van der Waals surface area contributed by atoms with Crippen molar-refractivity contribution in [2.45, 2.75) is 44.7 Å². The van der Waals surface area contributed by atoms with Crippen LogP contribution < -0.4 is 29.6 Å². The Balaban J connectivity index is 1.36. The Morgan fingerprint density at radius 1 is 1.07 bits per heavy atom. The van der Waals surface area contributed by atoms with Crippen molar-refractivity contribution in [1.82, 2.24) is 20.2 Å². The van der Waals surface area contributed by atoms with Gasteiger partial charge in [0.2, 0.25) is 11.8 Å². The van der Waals surface area contributed by atoms with Crippen LogP contribution in [0.4, 0.5) is 34.3 Å². The van der Waals surface area contributed by atoms with Gasteiger partial charge in [-0.1, -0.05) is 12.1 Å². The standard InChI is InChI=1S/C31H39ClN8O3/c1-21(41)35-22-11-16-39(30(42)17-22)26-8-6-5-7-25(26)36-31-28(19-33-20-34-31)40(32)27-10-9-24(18-29(27)43-4)38-14-12-23(13-15-38)37(2)3/h5-10,18-20,22-23H,11-17H2,1-4H3,(H,35,41)(H,33,34,36). The normalized spacial score (nSPS) is 17.6. The van der Waals surface area contributed by atoms with Crippen molar-refractivity contribution in [1.29, 1.82) is 0 Å². The quantitative estimate of drug-likeness (QED) is 0.336. The van der Waals surface area contributed by atoms with E-state index in [0.717, 1.165) is 37.3 Å². The lowest BCUT2D eigenvalue weighted by Gasteiger charge is -2.36. The molecule has 2 N–H and O–H groups in total. The zero-order valence-corrected chi connectivity index (χ0v) is 25.8. The van der Waals surface area contributed by atoms with Crippen LogP contribution in [0.2, 0.25) is 0 Å². The zero-order valence-electron chi connectivity index (χ0n) is 25.1. The summed E-state index contributed by atoms with van der Waals surface area (Å²) in [7, 11) is 5.91. The molecular weight excluding hydrogens is 568 g/mol. The van der Waals surface area contributed by atoms with E-state index < -0.39 is 0 Å². The molecule has 228 valence electrons. The fourth-order valence-electron chi connectivity index (χ4n) is 5.80. The highest BCUT2D eigenvalue weighted by Gasteiger charge is 2.29. The van der Waals surface area contributed by atoms with Gasteiger partial charge in [0.05, 0.1) is 24.7 Å². The van der Waals surface area contributed by atoms with Gasteiger partial charge in [0.25, 0.3) is 0 Å². The molecule has 2 aliphatic rings. The molecule has 5 rings (SSSR count). The lowest BCUT2D eigenvalue weighted by atomic mass is 10.0. The van der Waals surface area contributed by atoms with Crippen molar-refractivity contribution < 1.29 is 14.3 Å². The molecule has 0 radical (unpaired) electrons. The minimum absolute atomic E-state index is 0.0584. The lowest BCUT2D eigenvalue weighted by molar-refractivity contribution is -0.122. The Bertz CT molecular complexity index is 1450. The van der Waals surface area contributed by atoms with E-state index in [9.17, 15) is 9.59 Å². The van der Waals surface area contributed by atoms with E-state index in [4.69, 9.17) is 16.5 Å². The number of hydrogen-bond acceptors (Lipinski definition) is 9. The van der Waals surface area contributed by atoms with Gasteiger partial charge in [-0.2, -0.15) is 0 Å². The van der Waals surface area contributed by atoms with E-state index in [2.05, 4.69) is 50.6 Å². The van der Waals surface area contributed by atoms with Crippen LogP contribution in [0, 0.1) is 0 Å². The molecule has 1 unspecified atom stereocenters. The van der Waals surface area contributed by atoms with E-state index >= 15 is 0 Å². The fourth-order valence-corrected chi connectivity index (χ4v) is 6.06. The summed E-state index contributed by atoms with van der Waals surface area (Å²) in [6, 6.07) is 14.0. The summed E-state index contributed by atoms with van der Waals surface area (Å²) in [5, 5.41) is 6.23. The molecule has 2 saturated heterocycles. The SMILES string of the molecule is COc1cc(N2CCC(N(C)C)CC2)ccc1N(Cl)c1cncnc1Nc1ccccc1N1CCC(NC(C)=O)CC1=O. The number of ether oxygens (including phenoxy) is 1. The number of anilines is 6. The number of nitrogens with one attached hydrogen (secondary N) is 2. The van der Waals surface area contributed by atoms with Gasteiger partial charge in [-0.15, -0.1) is 0 Å². The third-order valence-corrected chi connectivity index (χ3v) is 8.48. The zero-order chi connectivity index (χ0) is 30.5. The Hall–Kier alpha value is -4.09. The van der Waals surface area contributed by atoms with Crippen molar-refractivity contribution in [3.63, 3.8) is 0 Å². The van der Waals surface area contributed by atoms with Gasteiger partial charge in [0.1, 0.15) is 23.5 Å². The highest BCUT2D eigenvalue weighted by molar-refractivity contribution is 6.30. The van der Waals surface area contributed by atoms with Crippen molar-refractivity contribution in [2.24, 2.45) is 0 Å². The number of nitrogens with zero attached hydrogens (tertiary/aromatic N) is 6. The molecule has 1 aromatic heterocycles. The molecule has 1 atom stereocenters. The number of carbonyl (C=O) groups is 2. The first kappa shape index (κ1) is 30.4. The molecule has 3 aromatic rings. The molecule has 43 heavy (non-hydrogen) atoms. The van der Waals surface area contributed by atoms with E-state index in [1.54, 1.807) is 18.2 Å². The predicted molar refractivity (Wildman–Crippen MR) is 171 cm³/mol. The molecule has 3 heterocycles. The number of carbonyl (C=O) groups excluding carboxylic acids is 2. The minimum atomic E-state index is -0.161. The monoisotopic (exact) mass is 606 g/mol. The number of hydrogen-bond donors (Lipinski definition) is 2. The third kappa shape index (κ3) is 6.94. The van der Waals surface area contributed by atoms with Crippen molar-refractivity contribution in [2.75, 3.05) is 60.4 Å². The highest BCUT2D eigenvalue weighted by atomic mass is 35.5. The average Bonchev–Trinajstić information content (AvgIpc) is 3.01. The third-order valence-electron chi connectivity index (χ3n) is 8.12. The maximum atomic E-state index is 13.1. The average molecular weight is 607 g/mol. The summed E-state index contributed by atoms with van der Waals surface area (Å²) in [6.07, 6.45) is 6.20. The van der Waals surface area contributed by atoms with Gasteiger partial charge in [0, 0.05) is 68.6 Å². The van der Waals surface area contributed by atoms with Gasteiger partial charge < -0.3 is 30.1 Å². The maximum Gasteiger partial charge on any atom is 0.229 e. The van der Waals surface area contributed by atoms with Crippen LogP contribution in [0.5, 0.6) is 5.75 Å². The molecule has 0 aliphatic carbocycles. The maximum absolute atomic E-state index is 13.1. The first-order valence-electron chi connectivity index (χ1n) is 14.5. The molecular formula is C31H39ClN8O3. The Morgan fingerprint density at radius 3 is 2.53 bits per heavy atom. The van der Waals surface area contributed by atoms with Crippen molar-refractivity contribution in [3.05, 3.63) is 55.0 Å². The smallest absolute Gasteiger partial charge is 0.229 e. The van der Waals surface area contributed by atoms with E-state index in [1.165, 1.54) is 17.7 Å². The summed E-state index contributed by atoms with van der Waals surface area (Å²) in [5.41, 5.74) is 3.68. The number of halogens is 1. The number of methoxy groups -OCH3 is 1. The number of amides is 2. The van der Waals surface area contributed by atoms with E-state index in [-0.39, 0.29) is 24.3 Å². The van der Waals surface area contributed by atoms with Crippen molar-refractivity contribution in [3.8, 4) is 5.75 Å². The largest absolute Gasteiger partial charge is 0.494 e. The van der Waals surface area contributed by atoms with Crippen LogP contribution >= 0.6 is 11.8 Å². The second-order valence-corrected chi connectivity index (χ2v) is 11.5. The summed E-state index contributed by atoms with van der Waals surface area (Å²) < 4.78 is 7.27. The molecule has 2 aromatic carbocycles. The molecule has 2 fully saturated rings. The van der Waals surface area contributed by atoms with Gasteiger partial charge in [-0.3, -0.25) is 9.59 Å². The molecule has 2 aliphatic heterocycles.